The summed E-state index contributed by atoms with van der Waals surface area (Å²) < 4.78 is 5.47. The van der Waals surface area contributed by atoms with Crippen LogP contribution in [-0.2, 0) is 14.3 Å². The third-order valence-electron chi connectivity index (χ3n) is 8.94. The Morgan fingerprint density at radius 1 is 1.17 bits per heavy atom. The average molecular weight is 501 g/mol. The van der Waals surface area contributed by atoms with Crippen LogP contribution in [0.5, 0.6) is 11.5 Å². The number of benzene rings is 1. The molecule has 1 fully saturated rings. The second-order valence-electron chi connectivity index (χ2n) is 11.0. The van der Waals surface area contributed by atoms with Crippen LogP contribution in [0.25, 0.3) is 6.08 Å². The van der Waals surface area contributed by atoms with Crippen LogP contribution in [0, 0.1) is 28.6 Å². The molecule has 0 aliphatic heterocycles. The van der Waals surface area contributed by atoms with Crippen LogP contribution in [0.3, 0.4) is 0 Å². The maximum absolute atomic E-state index is 12.3. The minimum atomic E-state index is -0.806. The van der Waals surface area contributed by atoms with Crippen LogP contribution in [0.15, 0.2) is 35.9 Å². The smallest absolute Gasteiger partial charge is 0.331 e. The SMILES string of the molecule is C[C@H]1CC[C@]2(C)C(C(=O)O)=CCC[C@@H]2[C@@]1(C)CC[C@@H](CCO)COC(=O)C=Cc1ccc(O)c(O)c1. The van der Waals surface area contributed by atoms with Crippen molar-refractivity contribution in [2.24, 2.45) is 28.6 Å². The van der Waals surface area contributed by atoms with E-state index in [9.17, 15) is 30.0 Å². The molecule has 198 valence electrons. The van der Waals surface area contributed by atoms with Crippen molar-refractivity contribution in [2.75, 3.05) is 13.2 Å². The topological polar surface area (TPSA) is 124 Å². The van der Waals surface area contributed by atoms with Crippen molar-refractivity contribution in [2.45, 2.75) is 65.7 Å². The summed E-state index contributed by atoms with van der Waals surface area (Å²) in [5.74, 6) is -1.10. The van der Waals surface area contributed by atoms with Gasteiger partial charge in [-0.2, -0.15) is 0 Å². The molecule has 0 bridgehead atoms. The number of aliphatic carboxylic acids is 1. The summed E-state index contributed by atoms with van der Waals surface area (Å²) in [6.07, 6.45) is 10.5. The number of esters is 1. The fourth-order valence-electron chi connectivity index (χ4n) is 6.51. The van der Waals surface area contributed by atoms with Gasteiger partial charge in [-0.05, 0) is 91.9 Å². The molecular formula is C29H40O7. The van der Waals surface area contributed by atoms with E-state index in [1.54, 1.807) is 6.07 Å². The summed E-state index contributed by atoms with van der Waals surface area (Å²) in [6.45, 7) is 6.88. The lowest BCUT2D eigenvalue weighted by Crippen LogP contribution is -2.51. The van der Waals surface area contributed by atoms with Gasteiger partial charge >= 0.3 is 11.9 Å². The van der Waals surface area contributed by atoms with E-state index in [-0.39, 0.29) is 47.4 Å². The number of carboxylic acid groups (broad SMARTS) is 1. The van der Waals surface area contributed by atoms with Crippen molar-refractivity contribution in [1.29, 1.82) is 0 Å². The van der Waals surface area contributed by atoms with Gasteiger partial charge in [0.25, 0.3) is 0 Å². The van der Waals surface area contributed by atoms with Crippen molar-refractivity contribution in [3.05, 3.63) is 41.5 Å². The Morgan fingerprint density at radius 2 is 1.92 bits per heavy atom. The fourth-order valence-corrected chi connectivity index (χ4v) is 6.51. The summed E-state index contributed by atoms with van der Waals surface area (Å²) in [6, 6.07) is 4.27. The van der Waals surface area contributed by atoms with Crippen molar-refractivity contribution in [3.8, 4) is 11.5 Å². The molecule has 7 nitrogen and oxygen atoms in total. The number of phenols is 2. The summed E-state index contributed by atoms with van der Waals surface area (Å²) in [5.41, 5.74) is 0.739. The van der Waals surface area contributed by atoms with E-state index in [0.717, 1.165) is 38.5 Å². The molecule has 0 heterocycles. The lowest BCUT2D eigenvalue weighted by Gasteiger charge is -2.57. The molecule has 2 aliphatic carbocycles. The lowest BCUT2D eigenvalue weighted by atomic mass is 9.46. The van der Waals surface area contributed by atoms with E-state index in [2.05, 4.69) is 20.8 Å². The average Bonchev–Trinajstić information content (AvgIpc) is 2.84. The van der Waals surface area contributed by atoms with Gasteiger partial charge in [-0.1, -0.05) is 32.9 Å². The van der Waals surface area contributed by atoms with Crippen molar-refractivity contribution >= 4 is 18.0 Å². The van der Waals surface area contributed by atoms with Gasteiger partial charge in [0.05, 0.1) is 6.61 Å². The number of ether oxygens (including phenoxy) is 1. The fraction of sp³-hybridized carbons (Fsp3) is 0.586. The minimum absolute atomic E-state index is 0.000325. The number of carboxylic acids is 1. The zero-order valence-corrected chi connectivity index (χ0v) is 21.6. The number of allylic oxidation sites excluding steroid dienone is 1. The quantitative estimate of drug-likeness (QED) is 0.195. The highest BCUT2D eigenvalue weighted by atomic mass is 16.5. The Kier molecular flexibility index (Phi) is 8.88. The Labute approximate surface area is 213 Å². The van der Waals surface area contributed by atoms with Crippen LogP contribution >= 0.6 is 0 Å². The van der Waals surface area contributed by atoms with E-state index in [1.807, 2.05) is 6.08 Å². The Balaban J connectivity index is 1.63. The third kappa shape index (κ3) is 5.94. The predicted octanol–water partition coefficient (Wildman–Crippen LogP) is 5.30. The van der Waals surface area contributed by atoms with E-state index in [1.165, 1.54) is 24.3 Å². The molecule has 4 N–H and O–H groups in total. The van der Waals surface area contributed by atoms with Gasteiger partial charge in [-0.15, -0.1) is 0 Å². The maximum Gasteiger partial charge on any atom is 0.331 e. The van der Waals surface area contributed by atoms with Crippen LogP contribution in [-0.4, -0.2) is 45.6 Å². The Morgan fingerprint density at radius 3 is 2.58 bits per heavy atom. The highest BCUT2D eigenvalue weighted by Gasteiger charge is 2.55. The van der Waals surface area contributed by atoms with Crippen LogP contribution < -0.4 is 0 Å². The number of rotatable bonds is 10. The van der Waals surface area contributed by atoms with Gasteiger partial charge < -0.3 is 25.2 Å². The molecule has 0 aromatic heterocycles. The maximum atomic E-state index is 12.3. The number of aliphatic hydroxyl groups excluding tert-OH is 1. The van der Waals surface area contributed by atoms with Gasteiger partial charge in [-0.3, -0.25) is 0 Å². The zero-order chi connectivity index (χ0) is 26.5. The van der Waals surface area contributed by atoms with Crippen molar-refractivity contribution < 1.29 is 34.8 Å². The molecule has 0 saturated heterocycles. The van der Waals surface area contributed by atoms with Gasteiger partial charge in [0.1, 0.15) is 0 Å². The molecule has 2 aliphatic rings. The first kappa shape index (κ1) is 27.8. The van der Waals surface area contributed by atoms with E-state index in [0.29, 0.717) is 23.5 Å². The monoisotopic (exact) mass is 500 g/mol. The molecule has 3 rings (SSSR count). The molecule has 1 aromatic rings. The number of carbonyl (C=O) groups is 2. The van der Waals surface area contributed by atoms with E-state index in [4.69, 9.17) is 4.74 Å². The van der Waals surface area contributed by atoms with Gasteiger partial charge in [0, 0.05) is 23.7 Å². The molecule has 0 spiro atoms. The summed E-state index contributed by atoms with van der Waals surface area (Å²) in [5, 5.41) is 38.4. The second kappa shape index (κ2) is 11.5. The minimum Gasteiger partial charge on any atom is -0.504 e. The third-order valence-corrected chi connectivity index (χ3v) is 8.94. The standard InChI is InChI=1S/C29H40O7/c1-19-11-14-29(3)22(27(34)35)5-4-6-25(29)28(19,2)15-12-21(13-16-30)18-36-26(33)10-8-20-7-9-23(31)24(32)17-20/h5,7-10,17,19,21,25,30-32H,4,6,11-16,18H2,1-3H3,(H,34,35)/t19-,21-,25+,28-,29+/m0/s1. The number of carbonyl (C=O) groups excluding carboxylic acids is 1. The number of phenolic OH excluding ortho intramolecular Hbond substituents is 2. The normalized spacial score (nSPS) is 28.8. The van der Waals surface area contributed by atoms with Gasteiger partial charge in [0.15, 0.2) is 11.5 Å². The van der Waals surface area contributed by atoms with Crippen LogP contribution in [0.4, 0.5) is 0 Å². The second-order valence-corrected chi connectivity index (χ2v) is 11.0. The first-order chi connectivity index (χ1) is 17.0. The number of aromatic hydroxyl groups is 2. The zero-order valence-electron chi connectivity index (χ0n) is 21.6. The van der Waals surface area contributed by atoms with Crippen molar-refractivity contribution in [1.82, 2.24) is 0 Å². The number of hydrogen-bond donors (Lipinski definition) is 4. The first-order valence-electron chi connectivity index (χ1n) is 12.9. The number of hydrogen-bond acceptors (Lipinski definition) is 6. The summed E-state index contributed by atoms with van der Waals surface area (Å²) >= 11 is 0. The van der Waals surface area contributed by atoms with Gasteiger partial charge in [-0.25, -0.2) is 9.59 Å². The van der Waals surface area contributed by atoms with Gasteiger partial charge in [0.2, 0.25) is 0 Å². The molecule has 1 saturated carbocycles. The lowest BCUT2D eigenvalue weighted by molar-refractivity contribution is -0.139. The van der Waals surface area contributed by atoms with E-state index >= 15 is 0 Å². The molecule has 5 atom stereocenters. The summed E-state index contributed by atoms with van der Waals surface area (Å²) in [4.78, 5) is 24.3. The molecule has 0 unspecified atom stereocenters. The molecule has 36 heavy (non-hydrogen) atoms. The molecule has 7 heteroatoms. The molecule has 1 aromatic carbocycles. The van der Waals surface area contributed by atoms with Crippen LogP contribution in [0.2, 0.25) is 0 Å². The summed E-state index contributed by atoms with van der Waals surface area (Å²) in [7, 11) is 0. The Hall–Kier alpha value is -2.80. The highest BCUT2D eigenvalue weighted by Crippen LogP contribution is 2.62. The first-order valence-corrected chi connectivity index (χ1v) is 12.9. The Bertz CT molecular complexity index is 1010. The highest BCUT2D eigenvalue weighted by molar-refractivity contribution is 5.88. The predicted molar refractivity (Wildman–Crippen MR) is 137 cm³/mol. The number of fused-ring (bicyclic) bond motifs is 1. The number of aliphatic hydroxyl groups is 1. The van der Waals surface area contributed by atoms with E-state index < -0.39 is 11.9 Å². The molecule has 0 radical (unpaired) electrons. The molecular weight excluding hydrogens is 460 g/mol. The van der Waals surface area contributed by atoms with Crippen molar-refractivity contribution in [3.63, 3.8) is 0 Å². The van der Waals surface area contributed by atoms with Crippen LogP contribution in [0.1, 0.15) is 71.3 Å². The molecule has 0 amide bonds. The largest absolute Gasteiger partial charge is 0.504 e.